The minimum atomic E-state index is 0.359. The summed E-state index contributed by atoms with van der Waals surface area (Å²) in [5, 5.41) is 5.44. The average Bonchev–Trinajstić information content (AvgIpc) is 2.80. The average molecular weight is 218 g/mol. The number of likely N-dealkylation sites (N-methyl/N-ethyl adjacent to an activating group) is 1. The zero-order valence-corrected chi connectivity index (χ0v) is 9.50. The van der Waals surface area contributed by atoms with Gasteiger partial charge < -0.3 is 5.32 Å². The smallest absolute Gasteiger partial charge is 0.0381 e. The SMILES string of the molecule is CNC(Cc1cccs1)c1cccnc1. The maximum atomic E-state index is 4.15. The monoisotopic (exact) mass is 218 g/mol. The van der Waals surface area contributed by atoms with Gasteiger partial charge in [-0.15, -0.1) is 11.3 Å². The third-order valence-corrected chi connectivity index (χ3v) is 3.32. The molecular formula is C12H14N2S. The topological polar surface area (TPSA) is 24.9 Å². The number of nitrogens with one attached hydrogen (secondary N) is 1. The summed E-state index contributed by atoms with van der Waals surface area (Å²) in [7, 11) is 1.99. The Morgan fingerprint density at radius 1 is 1.40 bits per heavy atom. The van der Waals surface area contributed by atoms with Gasteiger partial charge >= 0.3 is 0 Å². The molecule has 0 aliphatic rings. The summed E-state index contributed by atoms with van der Waals surface area (Å²) < 4.78 is 0. The second kappa shape index (κ2) is 5.05. The summed E-state index contributed by atoms with van der Waals surface area (Å²) in [6.07, 6.45) is 4.76. The maximum absolute atomic E-state index is 4.15. The van der Waals surface area contributed by atoms with Crippen LogP contribution >= 0.6 is 11.3 Å². The predicted octanol–water partition coefficient (Wildman–Crippen LogP) is 2.65. The highest BCUT2D eigenvalue weighted by Crippen LogP contribution is 2.19. The number of hydrogen-bond donors (Lipinski definition) is 1. The molecule has 0 aliphatic carbocycles. The summed E-state index contributed by atoms with van der Waals surface area (Å²) in [5.74, 6) is 0. The van der Waals surface area contributed by atoms with Gasteiger partial charge in [-0.3, -0.25) is 4.98 Å². The molecule has 1 unspecified atom stereocenters. The van der Waals surface area contributed by atoms with Gasteiger partial charge in [-0.25, -0.2) is 0 Å². The summed E-state index contributed by atoms with van der Waals surface area (Å²) in [6.45, 7) is 0. The van der Waals surface area contributed by atoms with E-state index in [1.807, 2.05) is 19.3 Å². The van der Waals surface area contributed by atoms with Gasteiger partial charge in [-0.2, -0.15) is 0 Å². The molecule has 0 saturated carbocycles. The molecule has 2 aromatic heterocycles. The molecule has 78 valence electrons. The number of aromatic nitrogens is 1. The number of hydrogen-bond acceptors (Lipinski definition) is 3. The van der Waals surface area contributed by atoms with Gasteiger partial charge in [-0.05, 0) is 30.1 Å². The van der Waals surface area contributed by atoms with Crippen LogP contribution in [0.5, 0.6) is 0 Å². The zero-order valence-electron chi connectivity index (χ0n) is 8.68. The normalized spacial score (nSPS) is 12.6. The van der Waals surface area contributed by atoms with Crippen molar-refractivity contribution in [3.8, 4) is 0 Å². The Bertz CT molecular complexity index is 383. The number of thiophene rings is 1. The molecule has 2 heterocycles. The molecule has 0 saturated heterocycles. The first-order valence-corrected chi connectivity index (χ1v) is 5.87. The summed E-state index contributed by atoms with van der Waals surface area (Å²) >= 11 is 1.80. The molecule has 2 rings (SSSR count). The van der Waals surface area contributed by atoms with E-state index in [0.29, 0.717) is 6.04 Å². The highest BCUT2D eigenvalue weighted by atomic mass is 32.1. The molecular weight excluding hydrogens is 204 g/mol. The van der Waals surface area contributed by atoms with Gasteiger partial charge in [0, 0.05) is 29.7 Å². The van der Waals surface area contributed by atoms with Gasteiger partial charge in [-0.1, -0.05) is 12.1 Å². The van der Waals surface area contributed by atoms with E-state index in [-0.39, 0.29) is 0 Å². The van der Waals surface area contributed by atoms with Crippen LogP contribution in [0.2, 0.25) is 0 Å². The van der Waals surface area contributed by atoms with Crippen molar-refractivity contribution < 1.29 is 0 Å². The lowest BCUT2D eigenvalue weighted by Gasteiger charge is -2.14. The minimum absolute atomic E-state index is 0.359. The third-order valence-electron chi connectivity index (χ3n) is 2.42. The van der Waals surface area contributed by atoms with Gasteiger partial charge in [0.05, 0.1) is 0 Å². The molecule has 0 aliphatic heterocycles. The summed E-state index contributed by atoms with van der Waals surface area (Å²) in [5.41, 5.74) is 1.24. The van der Waals surface area contributed by atoms with Crippen LogP contribution in [-0.2, 0) is 6.42 Å². The zero-order chi connectivity index (χ0) is 10.5. The minimum Gasteiger partial charge on any atom is -0.313 e. The van der Waals surface area contributed by atoms with E-state index in [4.69, 9.17) is 0 Å². The fourth-order valence-corrected chi connectivity index (χ4v) is 2.35. The fraction of sp³-hybridized carbons (Fsp3) is 0.250. The molecule has 0 spiro atoms. The Morgan fingerprint density at radius 3 is 2.93 bits per heavy atom. The van der Waals surface area contributed by atoms with Gasteiger partial charge in [0.1, 0.15) is 0 Å². The molecule has 3 heteroatoms. The van der Waals surface area contributed by atoms with Crippen molar-refractivity contribution in [2.24, 2.45) is 0 Å². The molecule has 1 atom stereocenters. The van der Waals surface area contributed by atoms with Gasteiger partial charge in [0.2, 0.25) is 0 Å². The lowest BCUT2D eigenvalue weighted by Crippen LogP contribution is -2.18. The third kappa shape index (κ3) is 2.64. The lowest BCUT2D eigenvalue weighted by atomic mass is 10.1. The first-order chi connectivity index (χ1) is 7.40. The predicted molar refractivity (Wildman–Crippen MR) is 64.1 cm³/mol. The molecule has 0 bridgehead atoms. The molecule has 1 N–H and O–H groups in total. The van der Waals surface area contributed by atoms with Crippen molar-refractivity contribution in [1.82, 2.24) is 10.3 Å². The van der Waals surface area contributed by atoms with Crippen LogP contribution in [0.1, 0.15) is 16.5 Å². The van der Waals surface area contributed by atoms with Crippen LogP contribution in [0.4, 0.5) is 0 Å². The second-order valence-electron chi connectivity index (χ2n) is 3.41. The van der Waals surface area contributed by atoms with E-state index >= 15 is 0 Å². The second-order valence-corrected chi connectivity index (χ2v) is 4.44. The van der Waals surface area contributed by atoms with Crippen molar-refractivity contribution in [2.45, 2.75) is 12.5 Å². The van der Waals surface area contributed by atoms with Crippen LogP contribution in [0.15, 0.2) is 42.0 Å². The molecule has 2 aromatic rings. The number of pyridine rings is 1. The molecule has 15 heavy (non-hydrogen) atoms. The van der Waals surface area contributed by atoms with Crippen molar-refractivity contribution in [2.75, 3.05) is 7.05 Å². The quantitative estimate of drug-likeness (QED) is 0.853. The standard InChI is InChI=1S/C12H14N2S/c1-13-12(8-11-5-3-7-15-11)10-4-2-6-14-9-10/h2-7,9,12-13H,8H2,1H3. The van der Waals surface area contributed by atoms with Crippen molar-refractivity contribution in [3.63, 3.8) is 0 Å². The van der Waals surface area contributed by atoms with E-state index < -0.39 is 0 Å². The lowest BCUT2D eigenvalue weighted by molar-refractivity contribution is 0.594. The fourth-order valence-electron chi connectivity index (χ4n) is 1.60. The van der Waals surface area contributed by atoms with Crippen LogP contribution in [0, 0.1) is 0 Å². The molecule has 0 aromatic carbocycles. The molecule has 2 nitrogen and oxygen atoms in total. The summed E-state index contributed by atoms with van der Waals surface area (Å²) in [4.78, 5) is 5.55. The van der Waals surface area contributed by atoms with E-state index in [9.17, 15) is 0 Å². The first kappa shape index (κ1) is 10.3. The number of nitrogens with zero attached hydrogens (tertiary/aromatic N) is 1. The van der Waals surface area contributed by atoms with Crippen molar-refractivity contribution in [1.29, 1.82) is 0 Å². The van der Waals surface area contributed by atoms with Crippen LogP contribution in [0.3, 0.4) is 0 Å². The van der Waals surface area contributed by atoms with Crippen molar-refractivity contribution >= 4 is 11.3 Å². The van der Waals surface area contributed by atoms with E-state index in [2.05, 4.69) is 33.9 Å². The van der Waals surface area contributed by atoms with E-state index in [1.165, 1.54) is 10.4 Å². The molecule has 0 radical (unpaired) electrons. The highest BCUT2D eigenvalue weighted by Gasteiger charge is 2.10. The van der Waals surface area contributed by atoms with Crippen LogP contribution in [-0.4, -0.2) is 12.0 Å². The Balaban J connectivity index is 2.12. The van der Waals surface area contributed by atoms with Crippen LogP contribution in [0.25, 0.3) is 0 Å². The van der Waals surface area contributed by atoms with Gasteiger partial charge in [0.15, 0.2) is 0 Å². The van der Waals surface area contributed by atoms with E-state index in [1.54, 1.807) is 17.5 Å². The molecule has 0 amide bonds. The Morgan fingerprint density at radius 2 is 2.33 bits per heavy atom. The first-order valence-electron chi connectivity index (χ1n) is 4.99. The Labute approximate surface area is 94.0 Å². The summed E-state index contributed by atoms with van der Waals surface area (Å²) in [6, 6.07) is 8.72. The van der Waals surface area contributed by atoms with Gasteiger partial charge in [0.25, 0.3) is 0 Å². The Hall–Kier alpha value is -1.19. The Kier molecular flexibility index (Phi) is 3.48. The van der Waals surface area contributed by atoms with Crippen molar-refractivity contribution in [3.05, 3.63) is 52.5 Å². The van der Waals surface area contributed by atoms with E-state index in [0.717, 1.165) is 6.42 Å². The highest BCUT2D eigenvalue weighted by molar-refractivity contribution is 7.09. The largest absolute Gasteiger partial charge is 0.313 e. The molecule has 0 fully saturated rings. The number of rotatable bonds is 4. The van der Waals surface area contributed by atoms with Crippen LogP contribution < -0.4 is 5.32 Å². The maximum Gasteiger partial charge on any atom is 0.0381 e.